The molecule has 5 rings (SSSR count). The van der Waals surface area contributed by atoms with Gasteiger partial charge in [0.25, 0.3) is 0 Å². The molecule has 1 aliphatic carbocycles. The molecule has 2 aromatic carbocycles. The molecule has 0 amide bonds. The van der Waals surface area contributed by atoms with Gasteiger partial charge in [0.05, 0.1) is 5.69 Å². The fourth-order valence-corrected chi connectivity index (χ4v) is 4.39. The second-order valence-corrected chi connectivity index (χ2v) is 8.29. The minimum Gasteiger partial charge on any atom is -0.487 e. The molecular weight excluding hydrogens is 398 g/mol. The maximum atomic E-state index is 5.93. The van der Waals surface area contributed by atoms with Crippen molar-refractivity contribution >= 4 is 0 Å². The molecule has 162 valence electrons. The maximum absolute atomic E-state index is 5.93. The summed E-state index contributed by atoms with van der Waals surface area (Å²) in [5.41, 5.74) is 4.66. The normalized spacial score (nSPS) is 14.7. The molecule has 0 aliphatic heterocycles. The summed E-state index contributed by atoms with van der Waals surface area (Å²) in [5.74, 6) is 2.76. The van der Waals surface area contributed by atoms with Crippen LogP contribution < -0.4 is 4.74 Å². The first kappa shape index (κ1) is 20.4. The van der Waals surface area contributed by atoms with E-state index in [4.69, 9.17) is 4.74 Å². The molecule has 6 heteroatoms. The summed E-state index contributed by atoms with van der Waals surface area (Å²) >= 11 is 0. The van der Waals surface area contributed by atoms with Crippen LogP contribution in [-0.4, -0.2) is 25.2 Å². The van der Waals surface area contributed by atoms with Crippen molar-refractivity contribution in [3.63, 3.8) is 0 Å². The number of hydrogen-bond acceptors (Lipinski definition) is 5. The van der Waals surface area contributed by atoms with Crippen LogP contribution >= 0.6 is 0 Å². The molecule has 1 saturated carbocycles. The van der Waals surface area contributed by atoms with E-state index < -0.39 is 0 Å². The highest BCUT2D eigenvalue weighted by Crippen LogP contribution is 2.43. The monoisotopic (exact) mass is 425 g/mol. The predicted molar refractivity (Wildman–Crippen MR) is 123 cm³/mol. The molecule has 1 unspecified atom stereocenters. The lowest BCUT2D eigenvalue weighted by Gasteiger charge is -2.34. The molecule has 1 aliphatic rings. The van der Waals surface area contributed by atoms with Gasteiger partial charge in [-0.3, -0.25) is 4.98 Å². The molecule has 0 radical (unpaired) electrons. The van der Waals surface area contributed by atoms with Gasteiger partial charge in [-0.1, -0.05) is 48.9 Å². The van der Waals surface area contributed by atoms with Crippen LogP contribution in [0.15, 0.2) is 72.9 Å². The molecule has 0 N–H and O–H groups in total. The lowest BCUT2D eigenvalue weighted by atomic mass is 9.70. The molecule has 32 heavy (non-hydrogen) atoms. The Morgan fingerprint density at radius 1 is 0.969 bits per heavy atom. The van der Waals surface area contributed by atoms with Crippen LogP contribution in [0.1, 0.15) is 48.9 Å². The zero-order valence-electron chi connectivity index (χ0n) is 18.3. The average Bonchev–Trinajstić information content (AvgIpc) is 3.30. The average molecular weight is 426 g/mol. The highest BCUT2D eigenvalue weighted by atomic mass is 16.5. The van der Waals surface area contributed by atoms with Gasteiger partial charge in [-0.25, -0.2) is 4.68 Å². The Labute approximate surface area is 188 Å². The Morgan fingerprint density at radius 3 is 2.34 bits per heavy atom. The van der Waals surface area contributed by atoms with Gasteiger partial charge in [0.2, 0.25) is 0 Å². The summed E-state index contributed by atoms with van der Waals surface area (Å²) in [6.07, 6.45) is 5.66. The minimum atomic E-state index is 0.393. The summed E-state index contributed by atoms with van der Waals surface area (Å²) in [6.45, 7) is 3.28. The van der Waals surface area contributed by atoms with E-state index in [9.17, 15) is 0 Å². The van der Waals surface area contributed by atoms with Crippen molar-refractivity contribution in [2.24, 2.45) is 5.92 Å². The molecule has 6 nitrogen and oxygen atoms in total. The zero-order valence-corrected chi connectivity index (χ0v) is 18.3. The Balaban J connectivity index is 1.34. The number of benzene rings is 2. The van der Waals surface area contributed by atoms with E-state index in [0.717, 1.165) is 29.4 Å². The van der Waals surface area contributed by atoms with E-state index >= 15 is 0 Å². The van der Waals surface area contributed by atoms with Gasteiger partial charge in [-0.15, -0.1) is 5.10 Å². The number of aromatic nitrogens is 5. The van der Waals surface area contributed by atoms with E-state index in [0.29, 0.717) is 18.4 Å². The van der Waals surface area contributed by atoms with Crippen LogP contribution in [0.3, 0.4) is 0 Å². The van der Waals surface area contributed by atoms with Crippen LogP contribution in [0.5, 0.6) is 5.75 Å². The molecule has 0 saturated heterocycles. The molecule has 2 heterocycles. The standard InChI is InChI=1S/C26H27N5O/c1-2-31-26(28-29-30-31)22-11-9-20(10-12-22)25(19-6-5-7-19)21-13-15-24(16-14-21)32-18-23-8-3-4-17-27-23/h3-4,8-17,19,25H,2,5-7,18H2,1H3. The van der Waals surface area contributed by atoms with Crippen molar-refractivity contribution in [1.29, 1.82) is 0 Å². The molecule has 1 fully saturated rings. The Bertz CT molecular complexity index is 1140. The Kier molecular flexibility index (Phi) is 5.92. The van der Waals surface area contributed by atoms with Gasteiger partial charge < -0.3 is 4.74 Å². The topological polar surface area (TPSA) is 65.7 Å². The highest BCUT2D eigenvalue weighted by molar-refractivity contribution is 5.55. The van der Waals surface area contributed by atoms with Crippen LogP contribution in [0, 0.1) is 5.92 Å². The second-order valence-electron chi connectivity index (χ2n) is 8.29. The number of ether oxygens (including phenoxy) is 1. The van der Waals surface area contributed by atoms with E-state index in [1.807, 2.05) is 29.8 Å². The predicted octanol–water partition coefficient (Wildman–Crippen LogP) is 5.27. The number of hydrogen-bond donors (Lipinski definition) is 0. The van der Waals surface area contributed by atoms with Crippen molar-refractivity contribution in [3.8, 4) is 17.1 Å². The summed E-state index contributed by atoms with van der Waals surface area (Å²) in [5, 5.41) is 12.0. The van der Waals surface area contributed by atoms with Crippen molar-refractivity contribution in [2.45, 2.75) is 45.3 Å². The van der Waals surface area contributed by atoms with Crippen molar-refractivity contribution in [1.82, 2.24) is 25.2 Å². The third-order valence-corrected chi connectivity index (χ3v) is 6.33. The van der Waals surface area contributed by atoms with Gasteiger partial charge in [0.1, 0.15) is 12.4 Å². The smallest absolute Gasteiger partial charge is 0.181 e. The second kappa shape index (κ2) is 9.30. The van der Waals surface area contributed by atoms with Gasteiger partial charge in [-0.05, 0) is 71.5 Å². The van der Waals surface area contributed by atoms with Crippen LogP contribution in [0.25, 0.3) is 11.4 Å². The van der Waals surface area contributed by atoms with Crippen LogP contribution in [-0.2, 0) is 13.2 Å². The highest BCUT2D eigenvalue weighted by Gasteiger charge is 2.30. The number of rotatable bonds is 8. The zero-order chi connectivity index (χ0) is 21.8. The third-order valence-electron chi connectivity index (χ3n) is 6.33. The third kappa shape index (κ3) is 4.26. The summed E-state index contributed by atoms with van der Waals surface area (Å²) in [7, 11) is 0. The Morgan fingerprint density at radius 2 is 1.72 bits per heavy atom. The van der Waals surface area contributed by atoms with Crippen molar-refractivity contribution < 1.29 is 4.74 Å². The van der Waals surface area contributed by atoms with Crippen molar-refractivity contribution in [3.05, 3.63) is 89.7 Å². The molecular formula is C26H27N5O. The first-order valence-corrected chi connectivity index (χ1v) is 11.3. The van der Waals surface area contributed by atoms with Gasteiger partial charge >= 0.3 is 0 Å². The fourth-order valence-electron chi connectivity index (χ4n) is 4.39. The van der Waals surface area contributed by atoms with E-state index in [1.165, 1.54) is 30.4 Å². The van der Waals surface area contributed by atoms with Crippen molar-refractivity contribution in [2.75, 3.05) is 0 Å². The lowest BCUT2D eigenvalue weighted by Crippen LogP contribution is -2.21. The van der Waals surface area contributed by atoms with Crippen LogP contribution in [0.4, 0.5) is 0 Å². The number of pyridine rings is 1. The van der Waals surface area contributed by atoms with E-state index in [1.54, 1.807) is 6.20 Å². The largest absolute Gasteiger partial charge is 0.487 e. The molecule has 1 atom stereocenters. The molecule has 4 aromatic rings. The minimum absolute atomic E-state index is 0.393. The summed E-state index contributed by atoms with van der Waals surface area (Å²) in [6, 6.07) is 23.2. The van der Waals surface area contributed by atoms with Gasteiger partial charge in [0.15, 0.2) is 5.82 Å². The van der Waals surface area contributed by atoms with E-state index in [2.05, 4.69) is 69.0 Å². The quantitative estimate of drug-likeness (QED) is 0.385. The first-order valence-electron chi connectivity index (χ1n) is 11.3. The lowest BCUT2D eigenvalue weighted by molar-refractivity contribution is 0.283. The molecule has 2 aromatic heterocycles. The summed E-state index contributed by atoms with van der Waals surface area (Å²) in [4.78, 5) is 4.32. The maximum Gasteiger partial charge on any atom is 0.181 e. The first-order chi connectivity index (χ1) is 15.8. The number of nitrogens with zero attached hydrogens (tertiary/aromatic N) is 5. The number of tetrazole rings is 1. The number of aryl methyl sites for hydroxylation is 1. The SMILES string of the molecule is CCn1nnnc1-c1ccc(C(c2ccc(OCc3ccccn3)cc2)C2CCC2)cc1. The van der Waals surface area contributed by atoms with Gasteiger partial charge in [0, 0.05) is 24.2 Å². The fraction of sp³-hybridized carbons (Fsp3) is 0.308. The van der Waals surface area contributed by atoms with Gasteiger partial charge in [-0.2, -0.15) is 0 Å². The van der Waals surface area contributed by atoms with E-state index in [-0.39, 0.29) is 0 Å². The molecule has 0 bridgehead atoms. The Hall–Kier alpha value is -3.54. The molecule has 0 spiro atoms. The summed E-state index contributed by atoms with van der Waals surface area (Å²) < 4.78 is 7.75. The van der Waals surface area contributed by atoms with Crippen LogP contribution in [0.2, 0.25) is 0 Å².